The van der Waals surface area contributed by atoms with Crippen molar-refractivity contribution in [3.63, 3.8) is 0 Å². The van der Waals surface area contributed by atoms with E-state index in [1.54, 1.807) is 12.1 Å². The van der Waals surface area contributed by atoms with Gasteiger partial charge in [-0.1, -0.05) is 19.1 Å². The van der Waals surface area contributed by atoms with Crippen molar-refractivity contribution < 1.29 is 9.18 Å². The van der Waals surface area contributed by atoms with Crippen LogP contribution in [0.2, 0.25) is 0 Å². The number of benzene rings is 1. The summed E-state index contributed by atoms with van der Waals surface area (Å²) in [6.45, 7) is 2.59. The molecule has 0 heterocycles. The lowest BCUT2D eigenvalue weighted by molar-refractivity contribution is -0.121. The predicted molar refractivity (Wildman–Crippen MR) is 58.0 cm³/mol. The summed E-state index contributed by atoms with van der Waals surface area (Å²) in [5.74, 6) is -0.145. The number of hydrogen-bond acceptors (Lipinski definition) is 1. The number of halogens is 1. The number of amides is 1. The van der Waals surface area contributed by atoms with E-state index in [1.165, 1.54) is 12.1 Å². The van der Waals surface area contributed by atoms with Crippen LogP contribution in [0.1, 0.15) is 25.3 Å². The average Bonchev–Trinajstić information content (AvgIpc) is 2.21. The van der Waals surface area contributed by atoms with Gasteiger partial charge in [-0.05, 0) is 30.5 Å². The van der Waals surface area contributed by atoms with Crippen LogP contribution in [0.4, 0.5) is 4.39 Å². The van der Waals surface area contributed by atoms with Gasteiger partial charge in [0.25, 0.3) is 0 Å². The molecule has 82 valence electrons. The Bertz CT molecular complexity index is 308. The van der Waals surface area contributed by atoms with Crippen molar-refractivity contribution in [3.05, 3.63) is 35.6 Å². The molecular weight excluding hydrogens is 193 g/mol. The molecule has 0 aliphatic heterocycles. The summed E-state index contributed by atoms with van der Waals surface area (Å²) in [5, 5.41) is 2.81. The average molecular weight is 209 g/mol. The van der Waals surface area contributed by atoms with E-state index >= 15 is 0 Å². The second kappa shape index (κ2) is 6.17. The van der Waals surface area contributed by atoms with Crippen LogP contribution in [0.15, 0.2) is 24.3 Å². The molecule has 0 saturated carbocycles. The molecule has 0 saturated heterocycles. The number of carbonyl (C=O) groups excluding carboxylic acids is 1. The van der Waals surface area contributed by atoms with Gasteiger partial charge in [-0.25, -0.2) is 4.39 Å². The zero-order valence-electron chi connectivity index (χ0n) is 8.92. The number of rotatable bonds is 5. The second-order valence-corrected chi connectivity index (χ2v) is 3.48. The maximum absolute atomic E-state index is 12.6. The van der Waals surface area contributed by atoms with E-state index in [0.717, 1.165) is 18.4 Å². The van der Waals surface area contributed by atoms with Gasteiger partial charge in [0.15, 0.2) is 0 Å². The Morgan fingerprint density at radius 2 is 2.00 bits per heavy atom. The van der Waals surface area contributed by atoms with Gasteiger partial charge in [-0.2, -0.15) is 0 Å². The summed E-state index contributed by atoms with van der Waals surface area (Å²) < 4.78 is 12.6. The maximum Gasteiger partial charge on any atom is 0.219 e. The van der Waals surface area contributed by atoms with Gasteiger partial charge in [0.1, 0.15) is 5.82 Å². The molecule has 0 spiro atoms. The molecule has 2 nitrogen and oxygen atoms in total. The normalized spacial score (nSPS) is 10.0. The van der Waals surface area contributed by atoms with E-state index < -0.39 is 0 Å². The Hall–Kier alpha value is -1.38. The van der Waals surface area contributed by atoms with Gasteiger partial charge in [-0.3, -0.25) is 4.79 Å². The number of carbonyl (C=O) groups is 1. The van der Waals surface area contributed by atoms with E-state index in [0.29, 0.717) is 13.0 Å². The highest BCUT2D eigenvalue weighted by Crippen LogP contribution is 2.02. The summed E-state index contributed by atoms with van der Waals surface area (Å²) in [7, 11) is 0. The standard InChI is InChI=1S/C12H16FNO/c1-2-3-12(15)14-9-8-10-4-6-11(13)7-5-10/h4-7H,2-3,8-9H2,1H3,(H,14,15). The summed E-state index contributed by atoms with van der Waals surface area (Å²) >= 11 is 0. The van der Waals surface area contributed by atoms with E-state index in [-0.39, 0.29) is 11.7 Å². The fraction of sp³-hybridized carbons (Fsp3) is 0.417. The second-order valence-electron chi connectivity index (χ2n) is 3.48. The molecule has 1 rings (SSSR count). The van der Waals surface area contributed by atoms with Gasteiger partial charge >= 0.3 is 0 Å². The van der Waals surface area contributed by atoms with Crippen LogP contribution >= 0.6 is 0 Å². The third-order valence-corrected chi connectivity index (χ3v) is 2.13. The Balaban J connectivity index is 2.26. The van der Waals surface area contributed by atoms with Crippen LogP contribution in [-0.2, 0) is 11.2 Å². The van der Waals surface area contributed by atoms with Crippen molar-refractivity contribution in [2.75, 3.05) is 6.54 Å². The quantitative estimate of drug-likeness (QED) is 0.792. The van der Waals surface area contributed by atoms with Crippen molar-refractivity contribution in [1.29, 1.82) is 0 Å². The lowest BCUT2D eigenvalue weighted by Gasteiger charge is -2.04. The molecule has 0 radical (unpaired) electrons. The van der Waals surface area contributed by atoms with Crippen LogP contribution in [0.25, 0.3) is 0 Å². The Morgan fingerprint density at radius 1 is 1.33 bits per heavy atom. The minimum atomic E-state index is -0.228. The molecule has 0 aliphatic rings. The monoisotopic (exact) mass is 209 g/mol. The highest BCUT2D eigenvalue weighted by Gasteiger charge is 1.98. The Kier molecular flexibility index (Phi) is 4.81. The van der Waals surface area contributed by atoms with Crippen molar-refractivity contribution >= 4 is 5.91 Å². The van der Waals surface area contributed by atoms with E-state index in [9.17, 15) is 9.18 Å². The maximum atomic E-state index is 12.6. The minimum Gasteiger partial charge on any atom is -0.356 e. The zero-order chi connectivity index (χ0) is 11.1. The van der Waals surface area contributed by atoms with Crippen LogP contribution in [0.5, 0.6) is 0 Å². The van der Waals surface area contributed by atoms with Gasteiger partial charge in [0.2, 0.25) is 5.91 Å². The molecule has 0 bridgehead atoms. The van der Waals surface area contributed by atoms with Crippen molar-refractivity contribution in [1.82, 2.24) is 5.32 Å². The molecular formula is C12H16FNO. The topological polar surface area (TPSA) is 29.1 Å². The summed E-state index contributed by atoms with van der Waals surface area (Å²) in [5.41, 5.74) is 1.04. The van der Waals surface area contributed by atoms with Gasteiger partial charge in [0, 0.05) is 13.0 Å². The molecule has 1 N–H and O–H groups in total. The summed E-state index contributed by atoms with van der Waals surface area (Å²) in [4.78, 5) is 11.1. The molecule has 0 aromatic heterocycles. The largest absolute Gasteiger partial charge is 0.356 e. The lowest BCUT2D eigenvalue weighted by atomic mass is 10.1. The summed E-state index contributed by atoms with van der Waals surface area (Å²) in [6.07, 6.45) is 2.18. The molecule has 3 heteroatoms. The SMILES string of the molecule is CCCC(=O)NCCc1ccc(F)cc1. The summed E-state index contributed by atoms with van der Waals surface area (Å²) in [6, 6.07) is 6.34. The van der Waals surface area contributed by atoms with Crippen molar-refractivity contribution in [2.45, 2.75) is 26.2 Å². The third kappa shape index (κ3) is 4.58. The van der Waals surface area contributed by atoms with Gasteiger partial charge in [0.05, 0.1) is 0 Å². The van der Waals surface area contributed by atoms with Crippen LogP contribution in [0, 0.1) is 5.82 Å². The molecule has 0 unspecified atom stereocenters. The van der Waals surface area contributed by atoms with Crippen LogP contribution in [-0.4, -0.2) is 12.5 Å². The van der Waals surface area contributed by atoms with Gasteiger partial charge < -0.3 is 5.32 Å². The predicted octanol–water partition coefficient (Wildman–Crippen LogP) is 2.28. The van der Waals surface area contributed by atoms with E-state index in [4.69, 9.17) is 0 Å². The fourth-order valence-corrected chi connectivity index (χ4v) is 1.31. The number of hydrogen-bond donors (Lipinski definition) is 1. The van der Waals surface area contributed by atoms with Crippen molar-refractivity contribution in [2.24, 2.45) is 0 Å². The molecule has 0 atom stereocenters. The minimum absolute atomic E-state index is 0.0830. The first-order valence-corrected chi connectivity index (χ1v) is 5.23. The molecule has 1 aromatic rings. The highest BCUT2D eigenvalue weighted by molar-refractivity contribution is 5.75. The first-order valence-electron chi connectivity index (χ1n) is 5.23. The van der Waals surface area contributed by atoms with E-state index in [2.05, 4.69) is 5.32 Å². The first kappa shape index (κ1) is 11.7. The Morgan fingerprint density at radius 3 is 2.60 bits per heavy atom. The molecule has 15 heavy (non-hydrogen) atoms. The molecule has 1 amide bonds. The Labute approximate surface area is 89.5 Å². The lowest BCUT2D eigenvalue weighted by Crippen LogP contribution is -2.25. The fourth-order valence-electron chi connectivity index (χ4n) is 1.31. The molecule has 0 fully saturated rings. The first-order chi connectivity index (χ1) is 7.22. The van der Waals surface area contributed by atoms with Crippen LogP contribution in [0.3, 0.4) is 0 Å². The smallest absolute Gasteiger partial charge is 0.219 e. The zero-order valence-corrected chi connectivity index (χ0v) is 8.92. The van der Waals surface area contributed by atoms with Crippen LogP contribution < -0.4 is 5.32 Å². The van der Waals surface area contributed by atoms with E-state index in [1.807, 2.05) is 6.92 Å². The molecule has 1 aromatic carbocycles. The third-order valence-electron chi connectivity index (χ3n) is 2.13. The highest BCUT2D eigenvalue weighted by atomic mass is 19.1. The molecule has 0 aliphatic carbocycles. The number of nitrogens with one attached hydrogen (secondary N) is 1. The van der Waals surface area contributed by atoms with Gasteiger partial charge in [-0.15, -0.1) is 0 Å². The van der Waals surface area contributed by atoms with Crippen molar-refractivity contribution in [3.8, 4) is 0 Å².